The number of halogens is 2. The summed E-state index contributed by atoms with van der Waals surface area (Å²) in [5.41, 5.74) is 7.55. The number of carbonyl (C=O) groups is 2. The smallest absolute Gasteiger partial charge is 0.232 e. The minimum Gasteiger partial charge on any atom is -0.343 e. The van der Waals surface area contributed by atoms with Crippen LogP contribution in [0.15, 0.2) is 18.2 Å². The van der Waals surface area contributed by atoms with Crippen molar-refractivity contribution in [1.82, 2.24) is 4.90 Å². The van der Waals surface area contributed by atoms with E-state index in [2.05, 4.69) is 5.32 Å². The number of nitrogens with two attached hydrogens (primary N) is 1. The van der Waals surface area contributed by atoms with Crippen molar-refractivity contribution in [2.75, 3.05) is 18.4 Å². The fourth-order valence-corrected chi connectivity index (χ4v) is 3.79. The number of piperidine rings is 1. The van der Waals surface area contributed by atoms with Crippen LogP contribution in [-0.2, 0) is 9.59 Å². The van der Waals surface area contributed by atoms with Gasteiger partial charge in [-0.25, -0.2) is 0 Å². The molecule has 3 rings (SSSR count). The molecule has 2 atom stereocenters. The van der Waals surface area contributed by atoms with Gasteiger partial charge in [0.1, 0.15) is 0 Å². The maximum absolute atomic E-state index is 12.4. The van der Waals surface area contributed by atoms with Crippen molar-refractivity contribution in [3.05, 3.63) is 28.8 Å². The summed E-state index contributed by atoms with van der Waals surface area (Å²) >= 11 is 5.99. The van der Waals surface area contributed by atoms with Crippen molar-refractivity contribution < 1.29 is 9.59 Å². The number of rotatable bonds is 3. The molecule has 1 saturated heterocycles. The van der Waals surface area contributed by atoms with E-state index in [-0.39, 0.29) is 42.1 Å². The highest BCUT2D eigenvalue weighted by Gasteiger charge is 2.38. The zero-order chi connectivity index (χ0) is 16.6. The second kappa shape index (κ2) is 7.72. The lowest BCUT2D eigenvalue weighted by Crippen LogP contribution is -2.42. The SMILES string of the molecule is CC(N)CC(=O)N1CCC(C2C(=O)Nc3cc(Cl)ccc32)CC1.Cl. The van der Waals surface area contributed by atoms with Gasteiger partial charge in [0.15, 0.2) is 0 Å². The van der Waals surface area contributed by atoms with Gasteiger partial charge in [-0.1, -0.05) is 17.7 Å². The van der Waals surface area contributed by atoms with E-state index in [1.807, 2.05) is 24.0 Å². The molecule has 0 spiro atoms. The first-order valence-electron chi connectivity index (χ1n) is 8.09. The van der Waals surface area contributed by atoms with Gasteiger partial charge in [-0.05, 0) is 43.4 Å². The zero-order valence-corrected chi connectivity index (χ0v) is 15.2. The molecule has 0 aromatic heterocycles. The van der Waals surface area contributed by atoms with E-state index in [9.17, 15) is 9.59 Å². The molecule has 1 aromatic carbocycles. The summed E-state index contributed by atoms with van der Waals surface area (Å²) in [6.45, 7) is 3.24. The van der Waals surface area contributed by atoms with Gasteiger partial charge in [-0.15, -0.1) is 12.4 Å². The third kappa shape index (κ3) is 3.85. The van der Waals surface area contributed by atoms with Gasteiger partial charge in [0.2, 0.25) is 11.8 Å². The van der Waals surface area contributed by atoms with Crippen molar-refractivity contribution in [3.63, 3.8) is 0 Å². The topological polar surface area (TPSA) is 75.4 Å². The van der Waals surface area contributed by atoms with Crippen LogP contribution in [0.3, 0.4) is 0 Å². The lowest BCUT2D eigenvalue weighted by Gasteiger charge is -2.34. The lowest BCUT2D eigenvalue weighted by molar-refractivity contribution is -0.133. The van der Waals surface area contributed by atoms with Crippen LogP contribution in [0.4, 0.5) is 5.69 Å². The van der Waals surface area contributed by atoms with Gasteiger partial charge in [-0.2, -0.15) is 0 Å². The Bertz CT molecular complexity index is 628. The molecule has 5 nitrogen and oxygen atoms in total. The lowest BCUT2D eigenvalue weighted by atomic mass is 9.80. The Hall–Kier alpha value is -1.30. The molecule has 0 aliphatic carbocycles. The number of hydrogen-bond acceptors (Lipinski definition) is 3. The summed E-state index contributed by atoms with van der Waals surface area (Å²) in [5, 5.41) is 3.55. The van der Waals surface area contributed by atoms with Crippen LogP contribution in [0.25, 0.3) is 0 Å². The van der Waals surface area contributed by atoms with E-state index in [0.717, 1.165) is 24.1 Å². The van der Waals surface area contributed by atoms with Crippen LogP contribution in [0.1, 0.15) is 37.7 Å². The number of nitrogens with zero attached hydrogens (tertiary/aromatic N) is 1. The third-order valence-corrected chi connectivity index (χ3v) is 4.99. The van der Waals surface area contributed by atoms with Crippen LogP contribution in [-0.4, -0.2) is 35.8 Å². The first-order chi connectivity index (χ1) is 11.0. The number of amides is 2. The molecule has 2 heterocycles. The minimum atomic E-state index is -0.132. The standard InChI is InChI=1S/C17H22ClN3O2.ClH/c1-10(19)8-15(22)21-6-4-11(5-7-21)16-13-3-2-12(18)9-14(13)20-17(16)23;/h2-3,9-11,16H,4-8,19H2,1H3,(H,20,23);1H. The Morgan fingerprint density at radius 3 is 2.71 bits per heavy atom. The van der Waals surface area contributed by atoms with Gasteiger partial charge in [0, 0.05) is 36.3 Å². The number of nitrogens with one attached hydrogen (secondary N) is 1. The molecule has 0 bridgehead atoms. The van der Waals surface area contributed by atoms with Crippen LogP contribution in [0.2, 0.25) is 5.02 Å². The fourth-order valence-electron chi connectivity index (χ4n) is 3.61. The highest BCUT2D eigenvalue weighted by molar-refractivity contribution is 6.31. The predicted molar refractivity (Wildman–Crippen MR) is 97.6 cm³/mol. The number of benzene rings is 1. The Morgan fingerprint density at radius 1 is 1.42 bits per heavy atom. The average molecular weight is 372 g/mol. The number of hydrogen-bond donors (Lipinski definition) is 2. The monoisotopic (exact) mass is 371 g/mol. The molecule has 3 N–H and O–H groups in total. The van der Waals surface area contributed by atoms with Crippen molar-refractivity contribution in [2.24, 2.45) is 11.7 Å². The quantitative estimate of drug-likeness (QED) is 0.857. The molecule has 2 aliphatic rings. The molecule has 2 aliphatic heterocycles. The van der Waals surface area contributed by atoms with Gasteiger partial charge in [-0.3, -0.25) is 9.59 Å². The van der Waals surface area contributed by atoms with Gasteiger partial charge in [0.25, 0.3) is 0 Å². The zero-order valence-electron chi connectivity index (χ0n) is 13.6. The summed E-state index contributed by atoms with van der Waals surface area (Å²) in [4.78, 5) is 26.3. The van der Waals surface area contributed by atoms with Crippen molar-refractivity contribution in [3.8, 4) is 0 Å². The van der Waals surface area contributed by atoms with Gasteiger partial charge >= 0.3 is 0 Å². The third-order valence-electron chi connectivity index (χ3n) is 4.75. The molecule has 24 heavy (non-hydrogen) atoms. The average Bonchev–Trinajstić information content (AvgIpc) is 2.81. The first kappa shape index (κ1) is 19.0. The predicted octanol–water partition coefficient (Wildman–Crippen LogP) is 2.77. The van der Waals surface area contributed by atoms with E-state index in [1.165, 1.54) is 0 Å². The van der Waals surface area contributed by atoms with Crippen LogP contribution in [0.5, 0.6) is 0 Å². The minimum absolute atomic E-state index is 0. The highest BCUT2D eigenvalue weighted by atomic mass is 35.5. The Balaban J connectivity index is 0.00000208. The number of anilines is 1. The van der Waals surface area contributed by atoms with Gasteiger partial charge in [0.05, 0.1) is 5.92 Å². The van der Waals surface area contributed by atoms with Crippen LogP contribution in [0, 0.1) is 5.92 Å². The molecule has 1 aromatic rings. The Labute approximate surface area is 153 Å². The van der Waals surface area contributed by atoms with Gasteiger partial charge < -0.3 is 16.0 Å². The fraction of sp³-hybridized carbons (Fsp3) is 0.529. The maximum atomic E-state index is 12.4. The van der Waals surface area contributed by atoms with E-state index >= 15 is 0 Å². The second-order valence-corrected chi connectivity index (χ2v) is 7.03. The molecule has 7 heteroatoms. The number of likely N-dealkylation sites (tertiary alicyclic amines) is 1. The molecule has 132 valence electrons. The molecule has 0 radical (unpaired) electrons. The van der Waals surface area contributed by atoms with E-state index in [1.54, 1.807) is 6.07 Å². The number of fused-ring (bicyclic) bond motifs is 1. The summed E-state index contributed by atoms with van der Waals surface area (Å²) in [6, 6.07) is 5.45. The Morgan fingerprint density at radius 2 is 2.08 bits per heavy atom. The van der Waals surface area contributed by atoms with Crippen molar-refractivity contribution >= 4 is 41.5 Å². The molecule has 1 fully saturated rings. The van der Waals surface area contributed by atoms with E-state index in [0.29, 0.717) is 24.5 Å². The van der Waals surface area contributed by atoms with Crippen molar-refractivity contribution in [1.29, 1.82) is 0 Å². The number of carbonyl (C=O) groups excluding carboxylic acids is 2. The summed E-state index contributed by atoms with van der Waals surface area (Å²) in [7, 11) is 0. The summed E-state index contributed by atoms with van der Waals surface area (Å²) in [6.07, 6.45) is 2.06. The molecular formula is C17H23Cl2N3O2. The van der Waals surface area contributed by atoms with E-state index in [4.69, 9.17) is 17.3 Å². The van der Waals surface area contributed by atoms with E-state index < -0.39 is 0 Å². The maximum Gasteiger partial charge on any atom is 0.232 e. The summed E-state index contributed by atoms with van der Waals surface area (Å²) in [5.74, 6) is 0.286. The van der Waals surface area contributed by atoms with Crippen LogP contribution < -0.4 is 11.1 Å². The van der Waals surface area contributed by atoms with Crippen LogP contribution >= 0.6 is 24.0 Å². The highest BCUT2D eigenvalue weighted by Crippen LogP contribution is 2.42. The largest absolute Gasteiger partial charge is 0.343 e. The molecule has 2 amide bonds. The normalized spacial score (nSPS) is 21.7. The van der Waals surface area contributed by atoms with Crippen molar-refractivity contribution in [2.45, 2.75) is 38.1 Å². The Kier molecular flexibility index (Phi) is 6.12. The molecular weight excluding hydrogens is 349 g/mol. The summed E-state index contributed by atoms with van der Waals surface area (Å²) < 4.78 is 0. The molecule has 2 unspecified atom stereocenters. The second-order valence-electron chi connectivity index (χ2n) is 6.60. The molecule has 0 saturated carbocycles. The first-order valence-corrected chi connectivity index (χ1v) is 8.47.